The van der Waals surface area contributed by atoms with E-state index in [1.165, 1.54) is 44.9 Å². The Morgan fingerprint density at radius 2 is 0.917 bits per heavy atom. The largest absolute Gasteiger partial charge is 0.330 e. The number of hydrogen-bond donors (Lipinski definition) is 1. The summed E-state index contributed by atoms with van der Waals surface area (Å²) in [5.41, 5.74) is 5.46. The molecule has 1 nitrogen and oxygen atoms in total. The monoisotopic (exact) mass is 351 g/mol. The van der Waals surface area contributed by atoms with E-state index in [1.54, 1.807) is 0 Å². The quantitative estimate of drug-likeness (QED) is 0.169. The zero-order valence-corrected chi connectivity index (χ0v) is 16.2. The summed E-state index contributed by atoms with van der Waals surface area (Å²) in [6, 6.07) is 0. The first-order chi connectivity index (χ1) is 11.9. The molecular formula is C22H38ClN. The van der Waals surface area contributed by atoms with Crippen molar-refractivity contribution in [3.05, 3.63) is 48.6 Å². The fraction of sp³-hybridized carbons (Fsp3) is 0.636. The molecule has 0 radical (unpaired) electrons. The number of hydrogen-bond acceptors (Lipinski definition) is 1. The summed E-state index contributed by atoms with van der Waals surface area (Å²) in [4.78, 5) is 0. The van der Waals surface area contributed by atoms with Crippen LogP contribution in [0.4, 0.5) is 0 Å². The molecule has 0 aromatic carbocycles. The summed E-state index contributed by atoms with van der Waals surface area (Å²) in [6.07, 6.45) is 32.4. The molecule has 0 aromatic rings. The number of alkyl halides is 1. The molecule has 0 saturated carbocycles. The van der Waals surface area contributed by atoms with Gasteiger partial charge in [0.2, 0.25) is 0 Å². The summed E-state index contributed by atoms with van der Waals surface area (Å²) in [7, 11) is 0. The first-order valence-corrected chi connectivity index (χ1v) is 10.3. The number of allylic oxidation sites excluding steroid dienone is 8. The highest BCUT2D eigenvalue weighted by Crippen LogP contribution is 2.06. The van der Waals surface area contributed by atoms with Crippen molar-refractivity contribution < 1.29 is 0 Å². The molecule has 2 heteroatoms. The summed E-state index contributed by atoms with van der Waals surface area (Å²) < 4.78 is 0. The molecular weight excluding hydrogens is 314 g/mol. The number of unbranched alkanes of at least 4 members (excludes halogenated alkanes) is 7. The highest BCUT2D eigenvalue weighted by Gasteiger charge is 1.88. The average molecular weight is 352 g/mol. The Morgan fingerprint density at radius 3 is 1.42 bits per heavy atom. The predicted octanol–water partition coefficient (Wildman–Crippen LogP) is 7.09. The Morgan fingerprint density at radius 1 is 0.500 bits per heavy atom. The van der Waals surface area contributed by atoms with Crippen LogP contribution in [0.15, 0.2) is 48.6 Å². The molecule has 0 aliphatic rings. The van der Waals surface area contributed by atoms with Crippen LogP contribution in [0.2, 0.25) is 0 Å². The van der Waals surface area contributed by atoms with E-state index >= 15 is 0 Å². The van der Waals surface area contributed by atoms with Crippen LogP contribution < -0.4 is 5.73 Å². The minimum Gasteiger partial charge on any atom is -0.330 e. The van der Waals surface area contributed by atoms with E-state index in [9.17, 15) is 0 Å². The Balaban J connectivity index is 3.33. The van der Waals surface area contributed by atoms with E-state index in [0.717, 1.165) is 44.5 Å². The van der Waals surface area contributed by atoms with Crippen LogP contribution in [0.25, 0.3) is 0 Å². The zero-order valence-electron chi connectivity index (χ0n) is 15.5. The highest BCUT2D eigenvalue weighted by molar-refractivity contribution is 6.17. The second kappa shape index (κ2) is 22.2. The van der Waals surface area contributed by atoms with Gasteiger partial charge in [0.1, 0.15) is 0 Å². The van der Waals surface area contributed by atoms with Crippen LogP contribution in [-0.4, -0.2) is 12.4 Å². The van der Waals surface area contributed by atoms with Crippen molar-refractivity contribution in [1.82, 2.24) is 0 Å². The van der Waals surface area contributed by atoms with Gasteiger partial charge in [0.15, 0.2) is 0 Å². The molecule has 0 amide bonds. The standard InChI is InChI=1S/C22H38ClN/c23-21-19-17-15-13-11-9-7-5-3-1-2-4-6-8-10-12-14-16-18-20-22-24/h1-2,5-8,12,14H,3-4,9-11,13,15-22,24H2. The van der Waals surface area contributed by atoms with E-state index in [1.807, 2.05) is 0 Å². The smallest absolute Gasteiger partial charge is 0.0223 e. The second-order valence-electron chi connectivity index (χ2n) is 6.12. The topological polar surface area (TPSA) is 26.0 Å². The van der Waals surface area contributed by atoms with E-state index in [0.29, 0.717) is 0 Å². The van der Waals surface area contributed by atoms with Gasteiger partial charge < -0.3 is 5.73 Å². The maximum atomic E-state index is 5.66. The molecule has 0 aliphatic heterocycles. The van der Waals surface area contributed by atoms with Gasteiger partial charge in [-0.2, -0.15) is 0 Å². The first-order valence-electron chi connectivity index (χ1n) is 9.77. The predicted molar refractivity (Wildman–Crippen MR) is 112 cm³/mol. The van der Waals surface area contributed by atoms with Gasteiger partial charge in [0, 0.05) is 5.88 Å². The number of halogens is 1. The molecule has 0 spiro atoms. The molecule has 0 rings (SSSR count). The lowest BCUT2D eigenvalue weighted by atomic mass is 10.1. The van der Waals surface area contributed by atoms with Gasteiger partial charge in [0.25, 0.3) is 0 Å². The third-order valence-corrected chi connectivity index (χ3v) is 4.08. The van der Waals surface area contributed by atoms with Crippen molar-refractivity contribution in [1.29, 1.82) is 0 Å². The molecule has 0 heterocycles. The summed E-state index contributed by atoms with van der Waals surface area (Å²) >= 11 is 5.66. The maximum Gasteiger partial charge on any atom is 0.0223 e. The molecule has 0 aliphatic carbocycles. The van der Waals surface area contributed by atoms with Crippen molar-refractivity contribution >= 4 is 11.6 Å². The van der Waals surface area contributed by atoms with E-state index in [-0.39, 0.29) is 0 Å². The maximum absolute atomic E-state index is 5.66. The third-order valence-electron chi connectivity index (χ3n) is 3.81. The molecule has 0 saturated heterocycles. The Bertz CT molecular complexity index is 342. The van der Waals surface area contributed by atoms with Crippen LogP contribution >= 0.6 is 11.6 Å². The fourth-order valence-corrected chi connectivity index (χ4v) is 2.53. The van der Waals surface area contributed by atoms with Crippen molar-refractivity contribution in [2.45, 2.75) is 77.0 Å². The molecule has 0 atom stereocenters. The van der Waals surface area contributed by atoms with Crippen LogP contribution in [-0.2, 0) is 0 Å². The Hall–Kier alpha value is -0.790. The van der Waals surface area contributed by atoms with Crippen molar-refractivity contribution in [2.24, 2.45) is 5.73 Å². The van der Waals surface area contributed by atoms with Crippen LogP contribution in [0, 0.1) is 0 Å². The third kappa shape index (κ3) is 21.2. The number of nitrogens with two attached hydrogens (primary N) is 1. The Kier molecular flexibility index (Phi) is 21.5. The SMILES string of the molecule is NCCCCC=CCC=CCC=CCC=CCCCCCCCCl. The van der Waals surface area contributed by atoms with Crippen molar-refractivity contribution in [3.63, 3.8) is 0 Å². The summed E-state index contributed by atoms with van der Waals surface area (Å²) in [5, 5.41) is 0. The zero-order chi connectivity index (χ0) is 17.6. The van der Waals surface area contributed by atoms with Crippen molar-refractivity contribution in [3.8, 4) is 0 Å². The molecule has 138 valence electrons. The molecule has 0 aromatic heterocycles. The highest BCUT2D eigenvalue weighted by atomic mass is 35.5. The molecule has 24 heavy (non-hydrogen) atoms. The van der Waals surface area contributed by atoms with Gasteiger partial charge in [-0.25, -0.2) is 0 Å². The average Bonchev–Trinajstić information content (AvgIpc) is 2.60. The van der Waals surface area contributed by atoms with Gasteiger partial charge in [-0.1, -0.05) is 67.9 Å². The minimum absolute atomic E-state index is 0.810. The molecule has 0 bridgehead atoms. The lowest BCUT2D eigenvalue weighted by Crippen LogP contribution is -1.96. The van der Waals surface area contributed by atoms with Crippen molar-refractivity contribution in [2.75, 3.05) is 12.4 Å². The molecule has 0 unspecified atom stereocenters. The lowest BCUT2D eigenvalue weighted by Gasteiger charge is -1.96. The van der Waals surface area contributed by atoms with Gasteiger partial charge in [-0.15, -0.1) is 11.6 Å². The summed E-state index contributed by atoms with van der Waals surface area (Å²) in [6.45, 7) is 0.810. The molecule has 0 fully saturated rings. The van der Waals surface area contributed by atoms with Crippen LogP contribution in [0.3, 0.4) is 0 Å². The van der Waals surface area contributed by atoms with E-state index < -0.39 is 0 Å². The Labute approximate surface area is 155 Å². The van der Waals surface area contributed by atoms with Gasteiger partial charge in [-0.3, -0.25) is 0 Å². The van der Waals surface area contributed by atoms with Crippen LogP contribution in [0.5, 0.6) is 0 Å². The van der Waals surface area contributed by atoms with Gasteiger partial charge >= 0.3 is 0 Å². The minimum atomic E-state index is 0.810. The normalized spacial score (nSPS) is 12.6. The first kappa shape index (κ1) is 23.2. The van der Waals surface area contributed by atoms with Gasteiger partial charge in [0.05, 0.1) is 0 Å². The fourth-order valence-electron chi connectivity index (χ4n) is 2.34. The second-order valence-corrected chi connectivity index (χ2v) is 6.50. The summed E-state index contributed by atoms with van der Waals surface area (Å²) in [5.74, 6) is 0.813. The number of rotatable bonds is 17. The lowest BCUT2D eigenvalue weighted by molar-refractivity contribution is 0.639. The van der Waals surface area contributed by atoms with Gasteiger partial charge in [-0.05, 0) is 64.3 Å². The van der Waals surface area contributed by atoms with Crippen LogP contribution in [0.1, 0.15) is 77.0 Å². The van der Waals surface area contributed by atoms with E-state index in [4.69, 9.17) is 17.3 Å². The van der Waals surface area contributed by atoms with E-state index in [2.05, 4.69) is 48.6 Å². The molecule has 2 N–H and O–H groups in total.